The largest absolute Gasteiger partial charge is 0.508 e. The van der Waals surface area contributed by atoms with Crippen LogP contribution in [0, 0.1) is 5.92 Å². The van der Waals surface area contributed by atoms with Gasteiger partial charge in [-0.25, -0.2) is 4.98 Å². The van der Waals surface area contributed by atoms with Crippen molar-refractivity contribution in [3.8, 4) is 16.9 Å². The summed E-state index contributed by atoms with van der Waals surface area (Å²) in [4.78, 5) is 11.0. The highest BCUT2D eigenvalue weighted by molar-refractivity contribution is 7.82. The Bertz CT molecular complexity index is 3660. The highest BCUT2D eigenvalue weighted by Gasteiger charge is 2.37. The molecule has 0 saturated heterocycles. The average molecular weight is 857 g/mol. The van der Waals surface area contributed by atoms with E-state index in [0.717, 1.165) is 108 Å². The van der Waals surface area contributed by atoms with Crippen molar-refractivity contribution in [1.29, 1.82) is 0 Å². The van der Waals surface area contributed by atoms with E-state index in [1.165, 1.54) is 38.6 Å². The van der Waals surface area contributed by atoms with Crippen LogP contribution in [0.5, 0.6) is 5.75 Å². The zero-order valence-electron chi connectivity index (χ0n) is 35.9. The summed E-state index contributed by atoms with van der Waals surface area (Å²) in [7, 11) is -3.36. The number of rotatable bonds is 5. The van der Waals surface area contributed by atoms with Crippen LogP contribution in [0.1, 0.15) is 43.2 Å². The normalized spacial score (nSPS) is 19.6. The SMILES string of the molecule is O=P(C1=CC=C(C2=c3ccc4c(c3=NC3C5=C(C=CC23)CCC=C5)C=CCC4)CC1)(c1ccc(O)cc1)c1ccc(-c2c3ccc4ccccc4c3nc3c2ccc2ccccc23)cc1. The molecule has 5 aliphatic rings. The second kappa shape index (κ2) is 15.0. The van der Waals surface area contributed by atoms with Gasteiger partial charge in [-0.15, -0.1) is 0 Å². The van der Waals surface area contributed by atoms with Crippen molar-refractivity contribution in [2.24, 2.45) is 10.9 Å². The minimum absolute atomic E-state index is 0.0378. The van der Waals surface area contributed by atoms with Crippen LogP contribution in [0.4, 0.5) is 0 Å². The molecule has 0 saturated carbocycles. The first-order chi connectivity index (χ1) is 32.0. The highest BCUT2D eigenvalue weighted by Crippen LogP contribution is 2.56. The van der Waals surface area contributed by atoms with Crippen LogP contribution >= 0.6 is 7.14 Å². The molecule has 7 aromatic carbocycles. The first-order valence-electron chi connectivity index (χ1n) is 23.0. The third-order valence-electron chi connectivity index (χ3n) is 14.7. The summed E-state index contributed by atoms with van der Waals surface area (Å²) < 4.78 is 16.2. The summed E-state index contributed by atoms with van der Waals surface area (Å²) in [5, 5.41) is 21.9. The Hall–Kier alpha value is -7.13. The first kappa shape index (κ1) is 38.3. The molecule has 2 heterocycles. The van der Waals surface area contributed by atoms with E-state index in [9.17, 15) is 5.11 Å². The molecular formula is C60H45N2O2P. The molecule has 13 rings (SSSR count). The van der Waals surface area contributed by atoms with Gasteiger partial charge in [0.1, 0.15) is 5.75 Å². The van der Waals surface area contributed by atoms with Crippen molar-refractivity contribution in [1.82, 2.24) is 4.98 Å². The van der Waals surface area contributed by atoms with Gasteiger partial charge in [-0.05, 0) is 112 Å². The van der Waals surface area contributed by atoms with Crippen molar-refractivity contribution in [3.63, 3.8) is 0 Å². The average Bonchev–Trinajstić information content (AvgIpc) is 3.37. The summed E-state index contributed by atoms with van der Waals surface area (Å²) in [6.07, 6.45) is 24.1. The van der Waals surface area contributed by atoms with Gasteiger partial charge in [-0.3, -0.25) is 4.99 Å². The van der Waals surface area contributed by atoms with Crippen LogP contribution < -0.4 is 21.2 Å². The molecule has 1 aromatic heterocycles. The van der Waals surface area contributed by atoms with E-state index in [-0.39, 0.29) is 17.7 Å². The molecule has 1 N–H and O–H groups in total. The lowest BCUT2D eigenvalue weighted by atomic mass is 9.73. The molecule has 0 spiro atoms. The van der Waals surface area contributed by atoms with Gasteiger partial charge in [0.05, 0.1) is 22.4 Å². The van der Waals surface area contributed by atoms with Gasteiger partial charge in [-0.2, -0.15) is 0 Å². The lowest BCUT2D eigenvalue weighted by Gasteiger charge is -2.36. The number of fused-ring (bicyclic) bond motifs is 11. The van der Waals surface area contributed by atoms with Gasteiger partial charge in [0.2, 0.25) is 0 Å². The summed E-state index contributed by atoms with van der Waals surface area (Å²) >= 11 is 0. The molecular weight excluding hydrogens is 812 g/mol. The van der Waals surface area contributed by atoms with E-state index in [4.69, 9.17) is 9.98 Å². The summed E-state index contributed by atoms with van der Waals surface area (Å²) in [5.41, 5.74) is 12.2. The Morgan fingerprint density at radius 2 is 1.28 bits per heavy atom. The van der Waals surface area contributed by atoms with E-state index in [0.29, 0.717) is 6.42 Å². The number of benzene rings is 7. The Labute approximate surface area is 377 Å². The molecule has 1 aliphatic heterocycles. The molecule has 0 fully saturated rings. The first-order valence-corrected chi connectivity index (χ1v) is 24.7. The number of aryl methyl sites for hydroxylation is 1. The molecule has 0 amide bonds. The number of phenolic OH excluding ortho intramolecular Hbond substituents is 1. The minimum atomic E-state index is -3.36. The number of hydrogen-bond acceptors (Lipinski definition) is 4. The Morgan fingerprint density at radius 1 is 0.600 bits per heavy atom. The lowest BCUT2D eigenvalue weighted by molar-refractivity contribution is 0.475. The topological polar surface area (TPSA) is 62.5 Å². The fraction of sp³-hybridized carbons (Fsp3) is 0.133. The molecule has 0 radical (unpaired) electrons. The fourth-order valence-electron chi connectivity index (χ4n) is 11.5. The van der Waals surface area contributed by atoms with Crippen LogP contribution in [-0.4, -0.2) is 16.1 Å². The quantitative estimate of drug-likeness (QED) is 0.107. The van der Waals surface area contributed by atoms with Gasteiger partial charge in [0, 0.05) is 54.4 Å². The predicted molar refractivity (Wildman–Crippen MR) is 270 cm³/mol. The van der Waals surface area contributed by atoms with E-state index >= 15 is 4.57 Å². The van der Waals surface area contributed by atoms with Crippen molar-refractivity contribution in [2.75, 3.05) is 0 Å². The Morgan fingerprint density at radius 3 is 1.98 bits per heavy atom. The zero-order valence-corrected chi connectivity index (χ0v) is 36.8. The third kappa shape index (κ3) is 6.00. The van der Waals surface area contributed by atoms with Crippen molar-refractivity contribution in [3.05, 3.63) is 220 Å². The predicted octanol–water partition coefficient (Wildman–Crippen LogP) is 12.6. The van der Waals surface area contributed by atoms with Gasteiger partial charge in [0.15, 0.2) is 7.14 Å². The molecule has 4 aliphatic carbocycles. The van der Waals surface area contributed by atoms with E-state index in [2.05, 4.69) is 158 Å². The van der Waals surface area contributed by atoms with Crippen LogP contribution in [0.25, 0.3) is 66.1 Å². The van der Waals surface area contributed by atoms with E-state index in [1.54, 1.807) is 12.1 Å². The molecule has 3 atom stereocenters. The van der Waals surface area contributed by atoms with E-state index < -0.39 is 7.14 Å². The second-order valence-corrected chi connectivity index (χ2v) is 21.0. The maximum absolute atomic E-state index is 16.2. The molecule has 4 nitrogen and oxygen atoms in total. The molecule has 0 bridgehead atoms. The Balaban J connectivity index is 0.961. The second-order valence-electron chi connectivity index (χ2n) is 18.1. The Kier molecular flexibility index (Phi) is 8.83. The lowest BCUT2D eigenvalue weighted by Crippen LogP contribution is -2.43. The minimum Gasteiger partial charge on any atom is -0.508 e. The fourth-order valence-corrected chi connectivity index (χ4v) is 14.3. The van der Waals surface area contributed by atoms with Gasteiger partial charge in [-0.1, -0.05) is 158 Å². The zero-order chi connectivity index (χ0) is 43.2. The van der Waals surface area contributed by atoms with E-state index in [1.807, 2.05) is 12.1 Å². The molecule has 65 heavy (non-hydrogen) atoms. The molecule has 3 unspecified atom stereocenters. The van der Waals surface area contributed by atoms with Crippen LogP contribution in [-0.2, 0) is 11.0 Å². The maximum atomic E-state index is 16.2. The van der Waals surface area contributed by atoms with Crippen LogP contribution in [0.3, 0.4) is 0 Å². The van der Waals surface area contributed by atoms with Crippen molar-refractivity contribution < 1.29 is 9.67 Å². The number of pyridine rings is 1. The summed E-state index contributed by atoms with van der Waals surface area (Å²) in [6, 6.07) is 45.9. The standard InChI is InChI=1S/C60H45N2O2P/c63-43-25-31-46(32-26-43)65(64,44-27-17-41(18-28-44)55-51-33-21-37-9-1-5-13-47(37)57(51)61-58-48-14-6-2-10-38(48)22-34-52(55)58)45-29-19-42(20-30-45)56-53-35-23-39-11-3-7-15-49(39)59(53)62-60-50-16-8-4-12-40(50)24-36-54(56)60/h1-2,5-10,13-19,21-29,31-36,53,59,63H,3-4,11-12,20,30H2. The van der Waals surface area contributed by atoms with Gasteiger partial charge >= 0.3 is 0 Å². The smallest absolute Gasteiger partial charge is 0.167 e. The molecule has 8 aromatic rings. The van der Waals surface area contributed by atoms with Gasteiger partial charge < -0.3 is 9.67 Å². The number of allylic oxidation sites excluding steroid dienone is 8. The van der Waals surface area contributed by atoms with Crippen molar-refractivity contribution >= 4 is 72.8 Å². The van der Waals surface area contributed by atoms with Gasteiger partial charge in [0.25, 0.3) is 0 Å². The summed E-state index contributed by atoms with van der Waals surface area (Å²) in [5.74, 6) is 0.284. The number of phenols is 1. The van der Waals surface area contributed by atoms with Crippen LogP contribution in [0.15, 0.2) is 203 Å². The maximum Gasteiger partial charge on any atom is 0.167 e. The van der Waals surface area contributed by atoms with Crippen LogP contribution in [0.2, 0.25) is 0 Å². The number of aromatic hydroxyl groups is 1. The highest BCUT2D eigenvalue weighted by atomic mass is 31.2. The molecule has 312 valence electrons. The molecule has 5 heteroatoms. The third-order valence-corrected chi connectivity index (χ3v) is 17.9. The monoisotopic (exact) mass is 856 g/mol. The number of hydrogen-bond donors (Lipinski definition) is 1. The number of nitrogens with zero attached hydrogens (tertiary/aromatic N) is 2. The number of aromatic nitrogens is 1. The summed E-state index contributed by atoms with van der Waals surface area (Å²) in [6.45, 7) is 0. The van der Waals surface area contributed by atoms with Crippen molar-refractivity contribution in [2.45, 2.75) is 44.6 Å².